The molecule has 2 aromatic heterocycles. The molecule has 2 heterocycles. The van der Waals surface area contributed by atoms with Crippen LogP contribution in [0.2, 0.25) is 0 Å². The Morgan fingerprint density at radius 1 is 1.43 bits per heavy atom. The Balaban J connectivity index is 2.38. The Hall–Kier alpha value is -1.42. The standard InChI is InChI=1S/C10H10N2OS/c1-7(13)9-3-4-10(14-9)8-5-6-12(2)11-8/h3-6H,1-2H3. The molecule has 0 saturated heterocycles. The van der Waals surface area contributed by atoms with E-state index >= 15 is 0 Å². The van der Waals surface area contributed by atoms with Crippen molar-refractivity contribution in [1.29, 1.82) is 0 Å². The van der Waals surface area contributed by atoms with E-state index in [2.05, 4.69) is 5.10 Å². The van der Waals surface area contributed by atoms with E-state index in [0.29, 0.717) is 0 Å². The summed E-state index contributed by atoms with van der Waals surface area (Å²) in [5.74, 6) is 0.109. The van der Waals surface area contributed by atoms with Crippen molar-refractivity contribution < 1.29 is 4.79 Å². The van der Waals surface area contributed by atoms with E-state index in [1.54, 1.807) is 11.6 Å². The number of thiophene rings is 1. The number of carbonyl (C=O) groups excluding carboxylic acids is 1. The first-order valence-corrected chi connectivity index (χ1v) is 5.09. The molecule has 0 radical (unpaired) electrons. The molecule has 0 aliphatic rings. The van der Waals surface area contributed by atoms with Crippen LogP contribution < -0.4 is 0 Å². The molecule has 0 N–H and O–H groups in total. The van der Waals surface area contributed by atoms with Crippen LogP contribution in [0.5, 0.6) is 0 Å². The molecule has 0 fully saturated rings. The van der Waals surface area contributed by atoms with Gasteiger partial charge < -0.3 is 0 Å². The van der Waals surface area contributed by atoms with Crippen molar-refractivity contribution >= 4 is 17.1 Å². The van der Waals surface area contributed by atoms with E-state index in [4.69, 9.17) is 0 Å². The number of hydrogen-bond donors (Lipinski definition) is 0. The highest BCUT2D eigenvalue weighted by Gasteiger charge is 2.07. The maximum absolute atomic E-state index is 11.1. The smallest absolute Gasteiger partial charge is 0.169 e. The molecule has 0 bridgehead atoms. The Kier molecular flexibility index (Phi) is 2.21. The SMILES string of the molecule is CC(=O)c1ccc(-c2ccn(C)n2)s1. The minimum absolute atomic E-state index is 0.109. The first-order chi connectivity index (χ1) is 6.66. The second kappa shape index (κ2) is 3.38. The highest BCUT2D eigenvalue weighted by molar-refractivity contribution is 7.17. The summed E-state index contributed by atoms with van der Waals surface area (Å²) in [6.45, 7) is 1.58. The van der Waals surface area contributed by atoms with Crippen LogP contribution in [0, 0.1) is 0 Å². The highest BCUT2D eigenvalue weighted by atomic mass is 32.1. The van der Waals surface area contributed by atoms with Crippen LogP contribution in [0.1, 0.15) is 16.6 Å². The predicted molar refractivity (Wildman–Crippen MR) is 56.5 cm³/mol. The van der Waals surface area contributed by atoms with Crippen LogP contribution in [-0.2, 0) is 7.05 Å². The maximum atomic E-state index is 11.1. The zero-order chi connectivity index (χ0) is 10.1. The molecule has 4 heteroatoms. The quantitative estimate of drug-likeness (QED) is 0.707. The van der Waals surface area contributed by atoms with Gasteiger partial charge in [0.25, 0.3) is 0 Å². The highest BCUT2D eigenvalue weighted by Crippen LogP contribution is 2.26. The molecule has 0 atom stereocenters. The molecule has 72 valence electrons. The normalized spacial score (nSPS) is 10.4. The third kappa shape index (κ3) is 1.61. The van der Waals surface area contributed by atoms with Crippen LogP contribution in [-0.4, -0.2) is 15.6 Å². The molecule has 0 aliphatic carbocycles. The van der Waals surface area contributed by atoms with Gasteiger partial charge in [0, 0.05) is 13.2 Å². The number of hydrogen-bond acceptors (Lipinski definition) is 3. The first-order valence-electron chi connectivity index (χ1n) is 4.27. The largest absolute Gasteiger partial charge is 0.294 e. The van der Waals surface area contributed by atoms with Gasteiger partial charge in [0.1, 0.15) is 5.69 Å². The fourth-order valence-electron chi connectivity index (χ4n) is 1.21. The number of rotatable bonds is 2. The van der Waals surface area contributed by atoms with Gasteiger partial charge in [-0.15, -0.1) is 11.3 Å². The first kappa shape index (κ1) is 9.15. The average molecular weight is 206 g/mol. The summed E-state index contributed by atoms with van der Waals surface area (Å²) >= 11 is 1.48. The van der Waals surface area contributed by atoms with Crippen molar-refractivity contribution in [3.05, 3.63) is 29.3 Å². The number of nitrogens with zero attached hydrogens (tertiary/aromatic N) is 2. The Labute approximate surface area is 86.0 Å². The van der Waals surface area contributed by atoms with Gasteiger partial charge in [-0.1, -0.05) is 0 Å². The minimum atomic E-state index is 0.109. The van der Waals surface area contributed by atoms with Crippen LogP contribution in [0.25, 0.3) is 10.6 Å². The Morgan fingerprint density at radius 3 is 2.71 bits per heavy atom. The molecular formula is C10H10N2OS. The van der Waals surface area contributed by atoms with Gasteiger partial charge in [-0.25, -0.2) is 0 Å². The van der Waals surface area contributed by atoms with Crippen molar-refractivity contribution in [2.24, 2.45) is 7.05 Å². The average Bonchev–Trinajstić information content (AvgIpc) is 2.70. The summed E-state index contributed by atoms with van der Waals surface area (Å²) in [6, 6.07) is 5.72. The van der Waals surface area contributed by atoms with Gasteiger partial charge in [0.2, 0.25) is 0 Å². The molecule has 0 spiro atoms. The lowest BCUT2D eigenvalue weighted by Gasteiger charge is -1.88. The van der Waals surface area contributed by atoms with Crippen LogP contribution in [0.3, 0.4) is 0 Å². The van der Waals surface area contributed by atoms with E-state index in [-0.39, 0.29) is 5.78 Å². The van der Waals surface area contributed by atoms with Gasteiger partial charge in [-0.3, -0.25) is 9.48 Å². The van der Waals surface area contributed by atoms with Crippen LogP contribution >= 0.6 is 11.3 Å². The number of aromatic nitrogens is 2. The summed E-state index contributed by atoms with van der Waals surface area (Å²) in [5, 5.41) is 4.27. The molecule has 0 unspecified atom stereocenters. The predicted octanol–water partition coefficient (Wildman–Crippen LogP) is 2.35. The van der Waals surface area contributed by atoms with E-state index in [1.165, 1.54) is 11.3 Å². The summed E-state index contributed by atoms with van der Waals surface area (Å²) in [5.41, 5.74) is 0.921. The van der Waals surface area contributed by atoms with E-state index < -0.39 is 0 Å². The van der Waals surface area contributed by atoms with Crippen molar-refractivity contribution in [1.82, 2.24) is 9.78 Å². The third-order valence-electron chi connectivity index (χ3n) is 1.92. The summed E-state index contributed by atoms with van der Waals surface area (Å²) in [6.07, 6.45) is 1.89. The molecule has 2 rings (SSSR count). The van der Waals surface area contributed by atoms with Gasteiger partial charge in [0.05, 0.1) is 9.75 Å². The number of carbonyl (C=O) groups is 1. The molecule has 0 aliphatic heterocycles. The number of ketones is 1. The second-order valence-electron chi connectivity index (χ2n) is 3.09. The van der Waals surface area contributed by atoms with Crippen LogP contribution in [0.15, 0.2) is 24.4 Å². The second-order valence-corrected chi connectivity index (χ2v) is 4.18. The summed E-state index contributed by atoms with van der Waals surface area (Å²) in [4.78, 5) is 12.9. The number of Topliss-reactive ketones (excluding diaryl/α,β-unsaturated/α-hetero) is 1. The minimum Gasteiger partial charge on any atom is -0.294 e. The number of aryl methyl sites for hydroxylation is 1. The van der Waals surface area contributed by atoms with Crippen molar-refractivity contribution in [3.8, 4) is 10.6 Å². The topological polar surface area (TPSA) is 34.9 Å². The molecule has 14 heavy (non-hydrogen) atoms. The fourth-order valence-corrected chi connectivity index (χ4v) is 2.08. The Bertz CT molecular complexity index is 470. The zero-order valence-electron chi connectivity index (χ0n) is 8.02. The summed E-state index contributed by atoms with van der Waals surface area (Å²) < 4.78 is 1.75. The van der Waals surface area contributed by atoms with Crippen molar-refractivity contribution in [2.45, 2.75) is 6.92 Å². The lowest BCUT2D eigenvalue weighted by molar-refractivity contribution is 0.102. The van der Waals surface area contributed by atoms with Gasteiger partial charge in [0.15, 0.2) is 5.78 Å². The van der Waals surface area contributed by atoms with E-state index in [9.17, 15) is 4.79 Å². The molecule has 3 nitrogen and oxygen atoms in total. The summed E-state index contributed by atoms with van der Waals surface area (Å²) in [7, 11) is 1.88. The van der Waals surface area contributed by atoms with Crippen molar-refractivity contribution in [2.75, 3.05) is 0 Å². The maximum Gasteiger partial charge on any atom is 0.169 e. The van der Waals surface area contributed by atoms with Gasteiger partial charge in [-0.2, -0.15) is 5.10 Å². The van der Waals surface area contributed by atoms with E-state index in [1.807, 2.05) is 31.4 Å². The van der Waals surface area contributed by atoms with Crippen molar-refractivity contribution in [3.63, 3.8) is 0 Å². The van der Waals surface area contributed by atoms with Gasteiger partial charge in [-0.05, 0) is 25.1 Å². The fraction of sp³-hybridized carbons (Fsp3) is 0.200. The monoisotopic (exact) mass is 206 g/mol. The van der Waals surface area contributed by atoms with E-state index in [0.717, 1.165) is 15.4 Å². The molecular weight excluding hydrogens is 196 g/mol. The zero-order valence-corrected chi connectivity index (χ0v) is 8.84. The Morgan fingerprint density at radius 2 is 2.21 bits per heavy atom. The molecule has 0 aromatic carbocycles. The lowest BCUT2D eigenvalue weighted by Crippen LogP contribution is -1.86. The third-order valence-corrected chi connectivity index (χ3v) is 3.13. The van der Waals surface area contributed by atoms with Crippen LogP contribution in [0.4, 0.5) is 0 Å². The lowest BCUT2D eigenvalue weighted by atomic mass is 10.3. The molecule has 0 saturated carbocycles. The van der Waals surface area contributed by atoms with Gasteiger partial charge >= 0.3 is 0 Å². The molecule has 2 aromatic rings. The molecule has 0 amide bonds.